The summed E-state index contributed by atoms with van der Waals surface area (Å²) in [6.07, 6.45) is 3.58. The molecule has 1 aromatic carbocycles. The van der Waals surface area contributed by atoms with E-state index in [1.807, 2.05) is 0 Å². The molecule has 2 aromatic heterocycles. The van der Waals surface area contributed by atoms with Gasteiger partial charge in [0.1, 0.15) is 24.3 Å². The summed E-state index contributed by atoms with van der Waals surface area (Å²) in [4.78, 5) is 19.8. The van der Waals surface area contributed by atoms with Crippen LogP contribution in [0.5, 0.6) is 0 Å². The fourth-order valence-electron chi connectivity index (χ4n) is 2.02. The second kappa shape index (κ2) is 6.77. The maximum atomic E-state index is 13.1. The molecule has 0 aliphatic rings. The zero-order chi connectivity index (χ0) is 16.1. The van der Waals surface area contributed by atoms with Gasteiger partial charge in [-0.15, -0.1) is 5.10 Å². The molecule has 9 heteroatoms. The van der Waals surface area contributed by atoms with Gasteiger partial charge in [0.15, 0.2) is 0 Å². The number of benzene rings is 1. The van der Waals surface area contributed by atoms with Crippen LogP contribution < -0.4 is 5.32 Å². The number of hydrogen-bond donors (Lipinski definition) is 2. The molecule has 0 spiro atoms. The Morgan fingerprint density at radius 1 is 1.39 bits per heavy atom. The van der Waals surface area contributed by atoms with E-state index < -0.39 is 0 Å². The van der Waals surface area contributed by atoms with Gasteiger partial charge in [-0.25, -0.2) is 9.37 Å². The summed E-state index contributed by atoms with van der Waals surface area (Å²) in [6, 6.07) is 6.24. The van der Waals surface area contributed by atoms with Crippen LogP contribution in [0, 0.1) is 5.82 Å². The lowest BCUT2D eigenvalue weighted by Crippen LogP contribution is -2.15. The molecule has 8 nitrogen and oxygen atoms in total. The molecule has 2 heterocycles. The van der Waals surface area contributed by atoms with Crippen molar-refractivity contribution < 1.29 is 9.18 Å². The third kappa shape index (κ3) is 4.19. The third-order valence-electron chi connectivity index (χ3n) is 3.08. The van der Waals surface area contributed by atoms with E-state index in [1.165, 1.54) is 24.8 Å². The van der Waals surface area contributed by atoms with Gasteiger partial charge in [0.2, 0.25) is 11.9 Å². The second-order valence-corrected chi connectivity index (χ2v) is 4.87. The Morgan fingerprint density at radius 3 is 3.09 bits per heavy atom. The number of aromatic amines is 1. The molecule has 1 amide bonds. The summed E-state index contributed by atoms with van der Waals surface area (Å²) < 4.78 is 14.7. The number of aryl methyl sites for hydroxylation is 1. The minimum atomic E-state index is -0.302. The first-order chi connectivity index (χ1) is 11.2. The molecule has 3 rings (SSSR count). The van der Waals surface area contributed by atoms with E-state index in [1.54, 1.807) is 16.8 Å². The van der Waals surface area contributed by atoms with E-state index in [0.29, 0.717) is 18.8 Å². The fraction of sp³-hybridized carbons (Fsp3) is 0.214. The highest BCUT2D eigenvalue weighted by Gasteiger charge is 2.09. The van der Waals surface area contributed by atoms with Gasteiger partial charge in [-0.1, -0.05) is 12.1 Å². The van der Waals surface area contributed by atoms with Crippen LogP contribution in [0.2, 0.25) is 0 Å². The van der Waals surface area contributed by atoms with Crippen LogP contribution in [0.1, 0.15) is 17.8 Å². The average molecular weight is 315 g/mol. The molecule has 0 fully saturated rings. The van der Waals surface area contributed by atoms with Crippen molar-refractivity contribution in [2.75, 3.05) is 5.32 Å². The van der Waals surface area contributed by atoms with Gasteiger partial charge in [-0.2, -0.15) is 10.1 Å². The van der Waals surface area contributed by atoms with Crippen molar-refractivity contribution in [3.8, 4) is 0 Å². The van der Waals surface area contributed by atoms with Crippen molar-refractivity contribution in [3.63, 3.8) is 0 Å². The Hall–Kier alpha value is -3.10. The van der Waals surface area contributed by atoms with E-state index in [4.69, 9.17) is 0 Å². The molecule has 0 saturated carbocycles. The van der Waals surface area contributed by atoms with Gasteiger partial charge in [0.05, 0.1) is 6.54 Å². The number of rotatable bonds is 6. The number of nitrogens with zero attached hydrogens (tertiary/aromatic N) is 5. The smallest absolute Gasteiger partial charge is 0.248 e. The number of hydrogen-bond acceptors (Lipinski definition) is 5. The summed E-state index contributed by atoms with van der Waals surface area (Å²) in [5.74, 6) is 0.211. The highest BCUT2D eigenvalue weighted by molar-refractivity contribution is 5.88. The standard InChI is InChI=1S/C14H14FN7O/c15-11-3-1-2-10(6-11)7-12-18-14(21-20-12)19-13(23)4-5-22-9-16-8-17-22/h1-3,6,8-9H,4-5,7H2,(H2,18,19,20,21,23). The maximum absolute atomic E-state index is 13.1. The number of H-pyrrole nitrogens is 1. The van der Waals surface area contributed by atoms with Gasteiger partial charge >= 0.3 is 0 Å². The molecule has 3 aromatic rings. The molecule has 2 N–H and O–H groups in total. The number of halogens is 1. The predicted octanol–water partition coefficient (Wildman–Crippen LogP) is 1.15. The van der Waals surface area contributed by atoms with Gasteiger partial charge in [-0.3, -0.25) is 19.9 Å². The zero-order valence-corrected chi connectivity index (χ0v) is 12.1. The van der Waals surface area contributed by atoms with E-state index in [9.17, 15) is 9.18 Å². The Kier molecular flexibility index (Phi) is 4.37. The van der Waals surface area contributed by atoms with Crippen molar-refractivity contribution in [2.45, 2.75) is 19.4 Å². The van der Waals surface area contributed by atoms with Gasteiger partial charge in [0, 0.05) is 12.8 Å². The summed E-state index contributed by atoms with van der Waals surface area (Å²) in [7, 11) is 0. The maximum Gasteiger partial charge on any atom is 0.248 e. The van der Waals surface area contributed by atoms with Gasteiger partial charge < -0.3 is 0 Å². The van der Waals surface area contributed by atoms with Crippen LogP contribution in [0.4, 0.5) is 10.3 Å². The normalized spacial score (nSPS) is 10.7. The van der Waals surface area contributed by atoms with Gasteiger partial charge in [0.25, 0.3) is 0 Å². The molecular weight excluding hydrogens is 301 g/mol. The highest BCUT2D eigenvalue weighted by Crippen LogP contribution is 2.09. The topological polar surface area (TPSA) is 101 Å². The molecule has 0 saturated heterocycles. The number of aromatic nitrogens is 6. The SMILES string of the molecule is O=C(CCn1cncn1)Nc1n[nH]c(Cc2cccc(F)c2)n1. The van der Waals surface area contributed by atoms with Crippen LogP contribution in [-0.4, -0.2) is 35.9 Å². The second-order valence-electron chi connectivity index (χ2n) is 4.87. The first-order valence-corrected chi connectivity index (χ1v) is 6.97. The Bertz CT molecular complexity index is 784. The Labute approximate surface area is 130 Å². The van der Waals surface area contributed by atoms with Crippen molar-refractivity contribution in [3.05, 3.63) is 54.1 Å². The number of amides is 1. The van der Waals surface area contributed by atoms with E-state index in [2.05, 4.69) is 30.6 Å². The Balaban J connectivity index is 1.53. The fourth-order valence-corrected chi connectivity index (χ4v) is 2.02. The number of carbonyl (C=O) groups excluding carboxylic acids is 1. The minimum absolute atomic E-state index is 0.194. The van der Waals surface area contributed by atoms with E-state index in [0.717, 1.165) is 5.56 Å². The summed E-state index contributed by atoms with van der Waals surface area (Å²) in [5.41, 5.74) is 0.769. The van der Waals surface area contributed by atoms with Crippen molar-refractivity contribution in [1.82, 2.24) is 29.9 Å². The number of nitrogens with one attached hydrogen (secondary N) is 2. The van der Waals surface area contributed by atoms with E-state index in [-0.39, 0.29) is 24.1 Å². The third-order valence-corrected chi connectivity index (χ3v) is 3.08. The zero-order valence-electron chi connectivity index (χ0n) is 12.1. The van der Waals surface area contributed by atoms with Crippen LogP contribution in [0.15, 0.2) is 36.9 Å². The minimum Gasteiger partial charge on any atom is -0.293 e. The summed E-state index contributed by atoms with van der Waals surface area (Å²) >= 11 is 0. The molecule has 0 bridgehead atoms. The van der Waals surface area contributed by atoms with Crippen LogP contribution in [0.25, 0.3) is 0 Å². The monoisotopic (exact) mass is 315 g/mol. The predicted molar refractivity (Wildman–Crippen MR) is 78.9 cm³/mol. The quantitative estimate of drug-likeness (QED) is 0.710. The molecule has 0 atom stereocenters. The van der Waals surface area contributed by atoms with Crippen molar-refractivity contribution in [1.29, 1.82) is 0 Å². The average Bonchev–Trinajstić information content (AvgIpc) is 3.17. The first kappa shape index (κ1) is 14.8. The molecule has 118 valence electrons. The molecule has 0 aliphatic heterocycles. The van der Waals surface area contributed by atoms with E-state index >= 15 is 0 Å². The molecule has 23 heavy (non-hydrogen) atoms. The van der Waals surface area contributed by atoms with Crippen molar-refractivity contribution in [2.24, 2.45) is 0 Å². The molecule has 0 aliphatic carbocycles. The van der Waals surface area contributed by atoms with Crippen molar-refractivity contribution >= 4 is 11.9 Å². The lowest BCUT2D eigenvalue weighted by Gasteiger charge is -2.00. The summed E-state index contributed by atoms with van der Waals surface area (Å²) in [5, 5.41) is 13.2. The molecule has 0 radical (unpaired) electrons. The lowest BCUT2D eigenvalue weighted by atomic mass is 10.1. The highest BCUT2D eigenvalue weighted by atomic mass is 19.1. The largest absolute Gasteiger partial charge is 0.293 e. The summed E-state index contributed by atoms with van der Waals surface area (Å²) in [6.45, 7) is 0.423. The van der Waals surface area contributed by atoms with Crippen LogP contribution in [-0.2, 0) is 17.8 Å². The van der Waals surface area contributed by atoms with Crippen LogP contribution >= 0.6 is 0 Å². The number of anilines is 1. The van der Waals surface area contributed by atoms with Gasteiger partial charge in [-0.05, 0) is 17.7 Å². The Morgan fingerprint density at radius 2 is 2.30 bits per heavy atom. The number of carbonyl (C=O) groups is 1. The van der Waals surface area contributed by atoms with Crippen LogP contribution in [0.3, 0.4) is 0 Å². The molecular formula is C14H14FN7O. The lowest BCUT2D eigenvalue weighted by molar-refractivity contribution is -0.116. The first-order valence-electron chi connectivity index (χ1n) is 6.97. The molecule has 0 unspecified atom stereocenters.